The largest absolute Gasteiger partial charge is 0.487 e. The number of ether oxygens (including phenoxy) is 1. The summed E-state index contributed by atoms with van der Waals surface area (Å²) in [4.78, 5) is 3.69. The van der Waals surface area contributed by atoms with Crippen LogP contribution in [0.2, 0.25) is 0 Å². The van der Waals surface area contributed by atoms with E-state index >= 15 is 0 Å². The van der Waals surface area contributed by atoms with E-state index in [0.29, 0.717) is 0 Å². The number of rotatable bonds is 3. The molecule has 0 bridgehead atoms. The van der Waals surface area contributed by atoms with Gasteiger partial charge in [-0.05, 0) is 25.0 Å². The fourth-order valence-electron chi connectivity index (χ4n) is 1.04. The van der Waals surface area contributed by atoms with Crippen LogP contribution in [0.1, 0.15) is 12.8 Å². The molecule has 6 heteroatoms. The van der Waals surface area contributed by atoms with Gasteiger partial charge in [-0.25, -0.2) is 18.5 Å². The van der Waals surface area contributed by atoms with Crippen molar-refractivity contribution in [2.45, 2.75) is 24.0 Å². The summed E-state index contributed by atoms with van der Waals surface area (Å²) < 4.78 is 27.5. The van der Waals surface area contributed by atoms with Crippen LogP contribution in [-0.2, 0) is 10.0 Å². The van der Waals surface area contributed by atoms with Gasteiger partial charge in [-0.2, -0.15) is 0 Å². The van der Waals surface area contributed by atoms with Gasteiger partial charge in [0.05, 0.1) is 6.10 Å². The summed E-state index contributed by atoms with van der Waals surface area (Å²) in [5.41, 5.74) is 0. The average molecular weight is 214 g/mol. The number of pyridine rings is 1. The topological polar surface area (TPSA) is 82.3 Å². The van der Waals surface area contributed by atoms with Crippen molar-refractivity contribution in [3.05, 3.63) is 18.3 Å². The molecule has 1 aliphatic carbocycles. The third kappa shape index (κ3) is 2.02. The molecule has 0 aliphatic heterocycles. The molecule has 5 nitrogen and oxygen atoms in total. The third-order valence-electron chi connectivity index (χ3n) is 1.82. The molecule has 0 atom stereocenters. The Balaban J connectivity index is 2.37. The summed E-state index contributed by atoms with van der Waals surface area (Å²) in [6.07, 6.45) is 3.41. The van der Waals surface area contributed by atoms with Crippen molar-refractivity contribution in [3.63, 3.8) is 0 Å². The maximum atomic E-state index is 11.1. The van der Waals surface area contributed by atoms with Crippen LogP contribution in [0.15, 0.2) is 23.4 Å². The number of nitrogens with two attached hydrogens (primary N) is 1. The van der Waals surface area contributed by atoms with Gasteiger partial charge in [0.1, 0.15) is 0 Å². The normalized spacial score (nSPS) is 16.6. The lowest BCUT2D eigenvalue weighted by atomic mass is 10.5. The van der Waals surface area contributed by atoms with Gasteiger partial charge < -0.3 is 4.74 Å². The van der Waals surface area contributed by atoms with Crippen LogP contribution in [0.3, 0.4) is 0 Å². The lowest BCUT2D eigenvalue weighted by molar-refractivity contribution is 0.292. The maximum absolute atomic E-state index is 11.1. The Morgan fingerprint density at radius 2 is 2.21 bits per heavy atom. The summed E-state index contributed by atoms with van der Waals surface area (Å²) in [7, 11) is -3.79. The molecule has 0 spiro atoms. The standard InChI is InChI=1S/C8H10N2O3S/c9-14(11,12)8-7(2-1-5-10-8)13-6-3-4-6/h1-2,5-6H,3-4H2,(H2,9,11,12). The SMILES string of the molecule is NS(=O)(=O)c1ncccc1OC1CC1. The van der Waals surface area contributed by atoms with Crippen LogP contribution in [0.4, 0.5) is 0 Å². The molecule has 0 saturated heterocycles. The number of nitrogens with zero attached hydrogens (tertiary/aromatic N) is 1. The lowest BCUT2D eigenvalue weighted by Gasteiger charge is -2.07. The van der Waals surface area contributed by atoms with Crippen LogP contribution in [-0.4, -0.2) is 19.5 Å². The molecule has 1 saturated carbocycles. The molecule has 1 heterocycles. The highest BCUT2D eigenvalue weighted by Gasteiger charge is 2.26. The molecule has 1 aromatic heterocycles. The van der Waals surface area contributed by atoms with E-state index in [2.05, 4.69) is 4.98 Å². The predicted molar refractivity (Wildman–Crippen MR) is 49.3 cm³/mol. The first-order valence-electron chi connectivity index (χ1n) is 4.22. The second-order valence-corrected chi connectivity index (χ2v) is 4.65. The highest BCUT2D eigenvalue weighted by molar-refractivity contribution is 7.89. The zero-order valence-electron chi connectivity index (χ0n) is 7.38. The molecular formula is C8H10N2O3S. The minimum absolute atomic E-state index is 0.125. The Kier molecular flexibility index (Phi) is 2.16. The van der Waals surface area contributed by atoms with Crippen LogP contribution in [0, 0.1) is 0 Å². The van der Waals surface area contributed by atoms with Crippen molar-refractivity contribution in [1.82, 2.24) is 4.98 Å². The summed E-state index contributed by atoms with van der Waals surface area (Å²) in [6.45, 7) is 0. The van der Waals surface area contributed by atoms with E-state index < -0.39 is 10.0 Å². The molecule has 2 rings (SSSR count). The Bertz CT molecular complexity index is 440. The van der Waals surface area contributed by atoms with Crippen LogP contribution in [0.5, 0.6) is 5.75 Å². The number of aromatic nitrogens is 1. The van der Waals surface area contributed by atoms with E-state index in [0.717, 1.165) is 12.8 Å². The Hall–Kier alpha value is -1.14. The average Bonchev–Trinajstić information content (AvgIpc) is 2.87. The van der Waals surface area contributed by atoms with Gasteiger partial charge >= 0.3 is 0 Å². The molecule has 14 heavy (non-hydrogen) atoms. The second-order valence-electron chi connectivity index (χ2n) is 3.17. The van der Waals surface area contributed by atoms with Gasteiger partial charge in [-0.1, -0.05) is 0 Å². The Morgan fingerprint density at radius 3 is 2.79 bits per heavy atom. The van der Waals surface area contributed by atoms with Gasteiger partial charge in [0, 0.05) is 6.20 Å². The number of sulfonamides is 1. The van der Waals surface area contributed by atoms with E-state index in [1.807, 2.05) is 0 Å². The monoisotopic (exact) mass is 214 g/mol. The zero-order chi connectivity index (χ0) is 10.2. The summed E-state index contributed by atoms with van der Waals surface area (Å²) in [6, 6.07) is 3.18. The number of primary sulfonamides is 1. The summed E-state index contributed by atoms with van der Waals surface area (Å²) in [5.74, 6) is 0.248. The van der Waals surface area contributed by atoms with Gasteiger partial charge in [-0.3, -0.25) is 0 Å². The molecule has 1 aromatic rings. The highest BCUT2D eigenvalue weighted by atomic mass is 32.2. The van der Waals surface area contributed by atoms with Crippen LogP contribution in [0.25, 0.3) is 0 Å². The van der Waals surface area contributed by atoms with Crippen molar-refractivity contribution in [2.75, 3.05) is 0 Å². The molecule has 1 fully saturated rings. The third-order valence-corrected chi connectivity index (χ3v) is 2.67. The van der Waals surface area contributed by atoms with E-state index in [1.165, 1.54) is 6.20 Å². The molecule has 0 unspecified atom stereocenters. The van der Waals surface area contributed by atoms with Gasteiger partial charge in [0.25, 0.3) is 10.0 Å². The first-order valence-corrected chi connectivity index (χ1v) is 5.76. The van der Waals surface area contributed by atoms with Gasteiger partial charge in [0.15, 0.2) is 5.75 Å². The fourth-order valence-corrected chi connectivity index (χ4v) is 1.65. The number of hydrogen-bond donors (Lipinski definition) is 1. The molecule has 76 valence electrons. The highest BCUT2D eigenvalue weighted by Crippen LogP contribution is 2.29. The quantitative estimate of drug-likeness (QED) is 0.783. The van der Waals surface area contributed by atoms with E-state index in [9.17, 15) is 8.42 Å². The van der Waals surface area contributed by atoms with Gasteiger partial charge in [0.2, 0.25) is 5.03 Å². The second kappa shape index (κ2) is 3.21. The molecular weight excluding hydrogens is 204 g/mol. The maximum Gasteiger partial charge on any atom is 0.259 e. The Morgan fingerprint density at radius 1 is 1.50 bits per heavy atom. The first-order chi connectivity index (χ1) is 6.57. The minimum atomic E-state index is -3.79. The van der Waals surface area contributed by atoms with Crippen molar-refractivity contribution in [1.29, 1.82) is 0 Å². The van der Waals surface area contributed by atoms with Crippen LogP contribution >= 0.6 is 0 Å². The summed E-state index contributed by atoms with van der Waals surface area (Å²) in [5, 5.41) is 4.80. The predicted octanol–water partition coefficient (Wildman–Crippen LogP) is 0.270. The lowest BCUT2D eigenvalue weighted by Crippen LogP contribution is -2.15. The molecule has 1 aliphatic rings. The first kappa shape index (κ1) is 9.42. The van der Waals surface area contributed by atoms with Crippen molar-refractivity contribution < 1.29 is 13.2 Å². The van der Waals surface area contributed by atoms with Crippen molar-refractivity contribution >= 4 is 10.0 Å². The molecule has 2 N–H and O–H groups in total. The zero-order valence-corrected chi connectivity index (χ0v) is 8.20. The van der Waals surface area contributed by atoms with E-state index in [-0.39, 0.29) is 16.9 Å². The van der Waals surface area contributed by atoms with Gasteiger partial charge in [-0.15, -0.1) is 0 Å². The number of hydrogen-bond acceptors (Lipinski definition) is 4. The van der Waals surface area contributed by atoms with Crippen molar-refractivity contribution in [2.24, 2.45) is 5.14 Å². The summed E-state index contributed by atoms with van der Waals surface area (Å²) >= 11 is 0. The van der Waals surface area contributed by atoms with E-state index in [4.69, 9.17) is 9.88 Å². The fraction of sp³-hybridized carbons (Fsp3) is 0.375. The molecule has 0 radical (unpaired) electrons. The Labute approximate surface area is 82.0 Å². The minimum Gasteiger partial charge on any atom is -0.487 e. The molecule has 0 aromatic carbocycles. The van der Waals surface area contributed by atoms with Crippen LogP contribution < -0.4 is 9.88 Å². The van der Waals surface area contributed by atoms with Crippen molar-refractivity contribution in [3.8, 4) is 5.75 Å². The smallest absolute Gasteiger partial charge is 0.259 e. The van der Waals surface area contributed by atoms with E-state index in [1.54, 1.807) is 12.1 Å². The molecule has 0 amide bonds.